The predicted molar refractivity (Wildman–Crippen MR) is 79.8 cm³/mol. The van der Waals surface area contributed by atoms with E-state index in [0.717, 1.165) is 17.5 Å². The van der Waals surface area contributed by atoms with E-state index in [1.54, 1.807) is 9.13 Å². The minimum absolute atomic E-state index is 0.00733. The summed E-state index contributed by atoms with van der Waals surface area (Å²) in [5.41, 5.74) is 1.77. The highest BCUT2D eigenvalue weighted by Gasteiger charge is 2.12. The predicted octanol–water partition coefficient (Wildman–Crippen LogP) is 1.74. The second-order valence-electron chi connectivity index (χ2n) is 4.77. The number of fused-ring (bicyclic) bond motifs is 1. The molecule has 0 spiro atoms. The molecular weight excluding hydrogens is 254 g/mol. The first-order chi connectivity index (χ1) is 9.69. The molecule has 0 unspecified atom stereocenters. The molecule has 2 aromatic rings. The van der Waals surface area contributed by atoms with Crippen LogP contribution in [-0.4, -0.2) is 21.6 Å². The van der Waals surface area contributed by atoms with Crippen LogP contribution in [0.15, 0.2) is 29.1 Å². The fourth-order valence-corrected chi connectivity index (χ4v) is 2.36. The average Bonchev–Trinajstić information content (AvgIpc) is 2.74. The van der Waals surface area contributed by atoms with Crippen LogP contribution in [0.2, 0.25) is 0 Å². The number of amides is 1. The lowest BCUT2D eigenvalue weighted by molar-refractivity contribution is -0.121. The minimum Gasteiger partial charge on any atom is -0.356 e. The number of hydrogen-bond donors (Lipinski definition) is 1. The van der Waals surface area contributed by atoms with Gasteiger partial charge in [0.2, 0.25) is 5.91 Å². The number of carbonyl (C=O) groups excluding carboxylic acids is 1. The third-order valence-electron chi connectivity index (χ3n) is 3.38. The normalized spacial score (nSPS) is 10.9. The monoisotopic (exact) mass is 275 g/mol. The Labute approximate surface area is 118 Å². The van der Waals surface area contributed by atoms with E-state index in [1.165, 1.54) is 0 Å². The number of aromatic nitrogens is 2. The highest BCUT2D eigenvalue weighted by atomic mass is 16.2. The van der Waals surface area contributed by atoms with Crippen molar-refractivity contribution < 1.29 is 4.79 Å². The summed E-state index contributed by atoms with van der Waals surface area (Å²) in [6.07, 6.45) is 1.25. The zero-order chi connectivity index (χ0) is 14.5. The Balaban J connectivity index is 2.24. The summed E-state index contributed by atoms with van der Waals surface area (Å²) in [6.45, 7) is 5.70. The van der Waals surface area contributed by atoms with Gasteiger partial charge in [0.15, 0.2) is 0 Å². The van der Waals surface area contributed by atoms with Crippen LogP contribution in [-0.2, 0) is 17.9 Å². The van der Waals surface area contributed by atoms with Gasteiger partial charge in [0.25, 0.3) is 0 Å². The smallest absolute Gasteiger partial charge is 0.329 e. The van der Waals surface area contributed by atoms with Gasteiger partial charge in [0, 0.05) is 26.1 Å². The number of para-hydroxylation sites is 2. The number of rotatable bonds is 6. The first-order valence-electron chi connectivity index (χ1n) is 7.13. The van der Waals surface area contributed by atoms with Gasteiger partial charge in [-0.05, 0) is 25.5 Å². The third-order valence-corrected chi connectivity index (χ3v) is 3.38. The maximum Gasteiger partial charge on any atom is 0.329 e. The summed E-state index contributed by atoms with van der Waals surface area (Å²) in [5, 5.41) is 2.83. The molecule has 0 bridgehead atoms. The van der Waals surface area contributed by atoms with Gasteiger partial charge in [-0.3, -0.25) is 13.9 Å². The standard InChI is InChI=1S/C15H21N3O2/c1-3-10-16-14(19)9-11-18-13-8-6-5-7-12(13)17(4-2)15(18)20/h5-8H,3-4,9-11H2,1-2H3,(H,16,19). The molecule has 0 atom stereocenters. The number of hydrogen-bond acceptors (Lipinski definition) is 2. The van der Waals surface area contributed by atoms with Crippen molar-refractivity contribution in [2.24, 2.45) is 0 Å². The quantitative estimate of drug-likeness (QED) is 0.873. The summed E-state index contributed by atoms with van der Waals surface area (Å²) in [5.74, 6) is -0.00733. The SMILES string of the molecule is CCCNC(=O)CCn1c(=O)n(CC)c2ccccc21. The van der Waals surface area contributed by atoms with E-state index in [9.17, 15) is 9.59 Å². The molecule has 0 aliphatic rings. The maximum atomic E-state index is 12.3. The third kappa shape index (κ3) is 2.76. The first-order valence-corrected chi connectivity index (χ1v) is 7.13. The number of aryl methyl sites for hydroxylation is 2. The molecule has 1 N–H and O–H groups in total. The van der Waals surface area contributed by atoms with Crippen molar-refractivity contribution in [1.29, 1.82) is 0 Å². The molecule has 5 nitrogen and oxygen atoms in total. The second kappa shape index (κ2) is 6.41. The van der Waals surface area contributed by atoms with Crippen LogP contribution in [0.4, 0.5) is 0 Å². The Hall–Kier alpha value is -2.04. The van der Waals surface area contributed by atoms with Gasteiger partial charge in [0.05, 0.1) is 11.0 Å². The fourth-order valence-electron chi connectivity index (χ4n) is 2.36. The molecule has 0 saturated heterocycles. The zero-order valence-electron chi connectivity index (χ0n) is 12.1. The zero-order valence-corrected chi connectivity index (χ0v) is 12.1. The van der Waals surface area contributed by atoms with Crippen molar-refractivity contribution in [2.45, 2.75) is 39.8 Å². The number of nitrogens with zero attached hydrogens (tertiary/aromatic N) is 2. The van der Waals surface area contributed by atoms with Gasteiger partial charge in [-0.2, -0.15) is 0 Å². The lowest BCUT2D eigenvalue weighted by Crippen LogP contribution is -2.28. The van der Waals surface area contributed by atoms with E-state index in [2.05, 4.69) is 5.32 Å². The molecule has 0 aliphatic carbocycles. The van der Waals surface area contributed by atoms with E-state index < -0.39 is 0 Å². The van der Waals surface area contributed by atoms with E-state index >= 15 is 0 Å². The van der Waals surface area contributed by atoms with E-state index in [-0.39, 0.29) is 11.6 Å². The molecule has 108 valence electrons. The summed E-state index contributed by atoms with van der Waals surface area (Å²) >= 11 is 0. The molecule has 0 fully saturated rings. The van der Waals surface area contributed by atoms with E-state index in [0.29, 0.717) is 26.1 Å². The molecular formula is C15H21N3O2. The van der Waals surface area contributed by atoms with Crippen LogP contribution in [0.1, 0.15) is 26.7 Å². The van der Waals surface area contributed by atoms with Gasteiger partial charge < -0.3 is 5.32 Å². The van der Waals surface area contributed by atoms with Crippen molar-refractivity contribution in [3.8, 4) is 0 Å². The fraction of sp³-hybridized carbons (Fsp3) is 0.467. The van der Waals surface area contributed by atoms with E-state index in [1.807, 2.05) is 38.1 Å². The first kappa shape index (κ1) is 14.4. The van der Waals surface area contributed by atoms with Gasteiger partial charge in [0.1, 0.15) is 0 Å². The van der Waals surface area contributed by atoms with Crippen LogP contribution in [0.25, 0.3) is 11.0 Å². The summed E-state index contributed by atoms with van der Waals surface area (Å²) in [7, 11) is 0. The molecule has 20 heavy (non-hydrogen) atoms. The number of nitrogens with one attached hydrogen (secondary N) is 1. The van der Waals surface area contributed by atoms with Crippen molar-refractivity contribution >= 4 is 16.9 Å². The molecule has 5 heteroatoms. The number of benzene rings is 1. The summed E-state index contributed by atoms with van der Waals surface area (Å²) in [4.78, 5) is 24.0. The topological polar surface area (TPSA) is 56.0 Å². The Morgan fingerprint density at radius 1 is 1.15 bits per heavy atom. The van der Waals surface area contributed by atoms with Crippen molar-refractivity contribution in [1.82, 2.24) is 14.5 Å². The highest BCUT2D eigenvalue weighted by molar-refractivity contribution is 5.77. The highest BCUT2D eigenvalue weighted by Crippen LogP contribution is 2.12. The van der Waals surface area contributed by atoms with Crippen LogP contribution >= 0.6 is 0 Å². The average molecular weight is 275 g/mol. The molecule has 0 radical (unpaired) electrons. The molecule has 1 aromatic carbocycles. The molecule has 1 aromatic heterocycles. The van der Waals surface area contributed by atoms with Gasteiger partial charge >= 0.3 is 5.69 Å². The molecule has 0 saturated carbocycles. The maximum absolute atomic E-state index is 12.3. The van der Waals surface area contributed by atoms with Crippen LogP contribution in [0, 0.1) is 0 Å². The lowest BCUT2D eigenvalue weighted by atomic mass is 10.3. The molecule has 1 heterocycles. The second-order valence-corrected chi connectivity index (χ2v) is 4.77. The molecule has 2 rings (SSSR count). The van der Waals surface area contributed by atoms with E-state index in [4.69, 9.17) is 0 Å². The van der Waals surface area contributed by atoms with Crippen LogP contribution in [0.3, 0.4) is 0 Å². The Morgan fingerprint density at radius 3 is 2.40 bits per heavy atom. The lowest BCUT2D eigenvalue weighted by Gasteiger charge is -2.04. The van der Waals surface area contributed by atoms with Crippen molar-refractivity contribution in [2.75, 3.05) is 6.54 Å². The van der Waals surface area contributed by atoms with Crippen LogP contribution < -0.4 is 11.0 Å². The summed E-state index contributed by atoms with van der Waals surface area (Å²) < 4.78 is 3.42. The Bertz CT molecular complexity index is 655. The Kier molecular flexibility index (Phi) is 4.61. The van der Waals surface area contributed by atoms with Crippen molar-refractivity contribution in [3.05, 3.63) is 34.7 Å². The van der Waals surface area contributed by atoms with Gasteiger partial charge in [-0.1, -0.05) is 19.1 Å². The largest absolute Gasteiger partial charge is 0.356 e. The summed E-state index contributed by atoms with van der Waals surface area (Å²) in [6, 6.07) is 7.70. The number of carbonyl (C=O) groups is 1. The number of imidazole rings is 1. The van der Waals surface area contributed by atoms with Crippen molar-refractivity contribution in [3.63, 3.8) is 0 Å². The Morgan fingerprint density at radius 2 is 1.80 bits per heavy atom. The van der Waals surface area contributed by atoms with Gasteiger partial charge in [-0.15, -0.1) is 0 Å². The minimum atomic E-state index is -0.0445. The van der Waals surface area contributed by atoms with Gasteiger partial charge in [-0.25, -0.2) is 4.79 Å². The molecule has 1 amide bonds. The molecule has 0 aliphatic heterocycles. The van der Waals surface area contributed by atoms with Crippen LogP contribution in [0.5, 0.6) is 0 Å².